The third-order valence-corrected chi connectivity index (χ3v) is 13.3. The highest BCUT2D eigenvalue weighted by Gasteiger charge is 2.46. The highest BCUT2D eigenvalue weighted by molar-refractivity contribution is 5.99. The Morgan fingerprint density at radius 3 is 1.37 bits per heavy atom. The van der Waals surface area contributed by atoms with Crippen LogP contribution in [0.3, 0.4) is 0 Å². The molecule has 4 unspecified atom stereocenters. The molecule has 5 rings (SSSR count). The number of carbonyl (C=O) groups is 8. The van der Waals surface area contributed by atoms with E-state index in [1.165, 1.54) is 30.1 Å². The van der Waals surface area contributed by atoms with Crippen LogP contribution in [-0.4, -0.2) is 169 Å². The molecular formula is C49H70N12O10. The Bertz CT molecular complexity index is 2180. The molecule has 2 aliphatic heterocycles. The van der Waals surface area contributed by atoms with Crippen molar-refractivity contribution in [1.29, 1.82) is 0 Å². The van der Waals surface area contributed by atoms with Gasteiger partial charge in [-0.1, -0.05) is 60.7 Å². The second kappa shape index (κ2) is 25.4. The van der Waals surface area contributed by atoms with Crippen molar-refractivity contribution < 1.29 is 47.8 Å². The minimum Gasteiger partial charge on any atom is -0.379 e. The van der Waals surface area contributed by atoms with Gasteiger partial charge in [-0.05, 0) is 79.6 Å². The molecule has 2 saturated heterocycles. The van der Waals surface area contributed by atoms with Crippen molar-refractivity contribution in [2.45, 2.75) is 127 Å². The van der Waals surface area contributed by atoms with Gasteiger partial charge in [0.15, 0.2) is 5.69 Å². The molecule has 2 aliphatic rings. The summed E-state index contributed by atoms with van der Waals surface area (Å²) in [7, 11) is 6.01. The number of H-pyrrole nitrogens is 1. The van der Waals surface area contributed by atoms with Gasteiger partial charge in [0, 0.05) is 45.5 Å². The third kappa shape index (κ3) is 14.0. The van der Waals surface area contributed by atoms with Crippen LogP contribution in [-0.2, 0) is 38.2 Å². The number of aromatic nitrogens is 2. The number of methoxy groups -OCH3 is 2. The van der Waals surface area contributed by atoms with Crippen LogP contribution in [0, 0.1) is 0 Å². The van der Waals surface area contributed by atoms with Crippen molar-refractivity contribution in [1.82, 2.24) is 62.5 Å². The molecule has 71 heavy (non-hydrogen) atoms. The van der Waals surface area contributed by atoms with Crippen molar-refractivity contribution >= 4 is 47.3 Å². The number of benzene rings is 2. The van der Waals surface area contributed by atoms with Crippen molar-refractivity contribution in [2.75, 3.05) is 41.4 Å². The van der Waals surface area contributed by atoms with Gasteiger partial charge < -0.3 is 61.8 Å². The van der Waals surface area contributed by atoms with Gasteiger partial charge in [0.25, 0.3) is 11.8 Å². The maximum absolute atomic E-state index is 14.3. The molecule has 0 aliphatic carbocycles. The van der Waals surface area contributed by atoms with Crippen LogP contribution in [0.15, 0.2) is 66.7 Å². The largest absolute Gasteiger partial charge is 0.379 e. The van der Waals surface area contributed by atoms with E-state index in [9.17, 15) is 38.4 Å². The van der Waals surface area contributed by atoms with Crippen molar-refractivity contribution in [3.63, 3.8) is 0 Å². The number of nitrogens with zero attached hydrogens (tertiary/aromatic N) is 3. The van der Waals surface area contributed by atoms with Crippen molar-refractivity contribution in [2.24, 2.45) is 0 Å². The number of rotatable bonds is 22. The van der Waals surface area contributed by atoms with Crippen molar-refractivity contribution in [3.8, 4) is 0 Å². The molecule has 3 aromatic rings. The zero-order chi connectivity index (χ0) is 52.1. The second-order valence-corrected chi connectivity index (χ2v) is 18.1. The predicted molar refractivity (Wildman–Crippen MR) is 261 cm³/mol. The Kier molecular flexibility index (Phi) is 19.7. The number of hydrogen-bond acceptors (Lipinski definition) is 13. The number of likely N-dealkylation sites (N-methyl/N-ethyl adjacent to an activating group) is 2. The van der Waals surface area contributed by atoms with E-state index in [-0.39, 0.29) is 37.3 Å². The van der Waals surface area contributed by atoms with Gasteiger partial charge in [-0.3, -0.25) is 43.5 Å². The fourth-order valence-electron chi connectivity index (χ4n) is 8.42. The zero-order valence-corrected chi connectivity index (χ0v) is 42.0. The molecule has 12 atom stereocenters. The normalized spacial score (nSPS) is 21.0. The lowest BCUT2D eigenvalue weighted by molar-refractivity contribution is -0.144. The summed E-state index contributed by atoms with van der Waals surface area (Å²) in [5.41, 5.74) is 1.40. The number of aromatic amines is 1. The molecule has 8 amide bonds. The minimum absolute atomic E-state index is 0.00945. The predicted octanol–water partition coefficient (Wildman–Crippen LogP) is -0.182. The Morgan fingerprint density at radius 2 is 0.986 bits per heavy atom. The van der Waals surface area contributed by atoms with Crippen LogP contribution >= 0.6 is 0 Å². The molecule has 1 aromatic heterocycles. The Morgan fingerprint density at radius 1 is 0.592 bits per heavy atom. The second-order valence-electron chi connectivity index (χ2n) is 18.1. The summed E-state index contributed by atoms with van der Waals surface area (Å²) in [6, 6.07) is 11.6. The molecule has 9 N–H and O–H groups in total. The van der Waals surface area contributed by atoms with Crippen LogP contribution in [0.5, 0.6) is 0 Å². The molecular weight excluding hydrogens is 917 g/mol. The molecule has 3 heterocycles. The topological polar surface area (TPSA) is 286 Å². The molecule has 0 bridgehead atoms. The summed E-state index contributed by atoms with van der Waals surface area (Å²) >= 11 is 0. The summed E-state index contributed by atoms with van der Waals surface area (Å²) in [5.74, 6) is -4.42. The number of likely N-dealkylation sites (tertiary alicyclic amines) is 2. The number of carbonyl (C=O) groups excluding carboxylic acids is 8. The first-order chi connectivity index (χ1) is 33.8. The van der Waals surface area contributed by atoms with Gasteiger partial charge in [-0.15, -0.1) is 0 Å². The SMILES string of the molecule is CNC(C)C(=O)N[C@H](C(=O)N1CC(NC(=O)c2cc(C(=O)N[C@H]3C[C@@H](C(=O)NC(C)c4ccccc4)N(C(=O)[C@@H](NC(=O)[C@H](C)NC)C(C)OC)C3)[nH]n2)C[C@H]1C(=O)N[C@H](C)c1ccccc1)[C@@H](C)OC. The van der Waals surface area contributed by atoms with Gasteiger partial charge in [0.1, 0.15) is 29.9 Å². The van der Waals surface area contributed by atoms with Crippen LogP contribution in [0.25, 0.3) is 0 Å². The zero-order valence-electron chi connectivity index (χ0n) is 42.0. The summed E-state index contributed by atoms with van der Waals surface area (Å²) in [4.78, 5) is 113. The first kappa shape index (κ1) is 55.2. The number of ether oxygens (including phenoxy) is 2. The molecule has 2 fully saturated rings. The van der Waals surface area contributed by atoms with E-state index in [4.69, 9.17) is 9.47 Å². The van der Waals surface area contributed by atoms with E-state index in [1.807, 2.05) is 74.5 Å². The fraction of sp³-hybridized carbons (Fsp3) is 0.531. The quantitative estimate of drug-likeness (QED) is 0.0633. The molecule has 22 nitrogen and oxygen atoms in total. The average molecular weight is 987 g/mol. The Labute approximate surface area is 414 Å². The standard InChI is InChI=1S/C49H70N12O10/c1-26(32-17-13-11-14-18-32)52-46(66)38-21-34(24-60(38)48(68)40(30(5)70-9)56-42(62)28(3)50-7)54-44(64)36-23-37(59-58-36)45(65)55-35-22-39(47(67)53-27(2)33-19-15-12-16-20-33)61(25-35)49(69)41(31(6)71-10)57-43(63)29(4)51-8/h11-20,23,26-31,34-35,38-41,50-51H,21-22,24-25H2,1-10H3,(H,52,66)(H,53,67)(H,54,64)(H,55,65)(H,56,62)(H,57,63)(H,58,59)/t26-,27?,28?,29+,30-,31?,34?,35+,38+,39+,40+,41+/m1/s1. The van der Waals surface area contributed by atoms with E-state index >= 15 is 0 Å². The van der Waals surface area contributed by atoms with Gasteiger partial charge in [-0.2, -0.15) is 5.10 Å². The van der Waals surface area contributed by atoms with Crippen molar-refractivity contribution in [3.05, 3.63) is 89.2 Å². The lowest BCUT2D eigenvalue weighted by Gasteiger charge is -2.32. The van der Waals surface area contributed by atoms with Crippen LogP contribution < -0.4 is 42.5 Å². The van der Waals surface area contributed by atoms with E-state index in [1.54, 1.807) is 41.8 Å². The molecule has 386 valence electrons. The summed E-state index contributed by atoms with van der Waals surface area (Å²) in [6.45, 7) is 9.92. The molecule has 0 spiro atoms. The van der Waals surface area contributed by atoms with E-state index in [0.717, 1.165) is 11.1 Å². The van der Waals surface area contributed by atoms with Gasteiger partial charge in [0.2, 0.25) is 35.4 Å². The van der Waals surface area contributed by atoms with Gasteiger partial charge in [0.05, 0.1) is 36.4 Å². The fourth-order valence-corrected chi connectivity index (χ4v) is 8.42. The number of nitrogens with one attached hydrogen (secondary N) is 9. The highest BCUT2D eigenvalue weighted by Crippen LogP contribution is 2.25. The van der Waals surface area contributed by atoms with Crippen LogP contribution in [0.2, 0.25) is 0 Å². The van der Waals surface area contributed by atoms with Crippen LogP contribution in [0.4, 0.5) is 0 Å². The lowest BCUT2D eigenvalue weighted by Crippen LogP contribution is -2.59. The van der Waals surface area contributed by atoms with E-state index < -0.39 is 120 Å². The van der Waals surface area contributed by atoms with E-state index in [0.29, 0.717) is 0 Å². The molecule has 2 aromatic carbocycles. The lowest BCUT2D eigenvalue weighted by atomic mass is 10.1. The summed E-state index contributed by atoms with van der Waals surface area (Å²) in [6.07, 6.45) is -1.56. The van der Waals surface area contributed by atoms with Gasteiger partial charge >= 0.3 is 0 Å². The minimum atomic E-state index is -1.18. The summed E-state index contributed by atoms with van der Waals surface area (Å²) in [5, 5.41) is 29.5. The molecule has 22 heteroatoms. The molecule has 0 radical (unpaired) electrons. The van der Waals surface area contributed by atoms with Gasteiger partial charge in [-0.25, -0.2) is 0 Å². The monoisotopic (exact) mass is 987 g/mol. The number of hydrogen-bond donors (Lipinski definition) is 9. The first-order valence-electron chi connectivity index (χ1n) is 23.8. The smallest absolute Gasteiger partial charge is 0.272 e. The molecule has 0 saturated carbocycles. The average Bonchev–Trinajstić information content (AvgIpc) is 4.16. The Hall–Kier alpha value is -6.75. The summed E-state index contributed by atoms with van der Waals surface area (Å²) < 4.78 is 11.0. The maximum atomic E-state index is 14.3. The number of amides is 8. The Balaban J connectivity index is 1.32. The third-order valence-electron chi connectivity index (χ3n) is 13.3. The van der Waals surface area contributed by atoms with E-state index in [2.05, 4.69) is 52.7 Å². The maximum Gasteiger partial charge on any atom is 0.272 e. The highest BCUT2D eigenvalue weighted by atomic mass is 16.5. The van der Waals surface area contributed by atoms with Crippen LogP contribution in [0.1, 0.15) is 98.6 Å². The first-order valence-corrected chi connectivity index (χ1v) is 23.8.